The van der Waals surface area contributed by atoms with Crippen LogP contribution in [0.3, 0.4) is 0 Å². The monoisotopic (exact) mass is 226 g/mol. The summed E-state index contributed by atoms with van der Waals surface area (Å²) in [5.74, 6) is 0.951. The second-order valence-corrected chi connectivity index (χ2v) is 4.22. The molecule has 0 aliphatic rings. The zero-order valence-corrected chi connectivity index (χ0v) is 10.4. The van der Waals surface area contributed by atoms with Gasteiger partial charge in [-0.05, 0) is 42.2 Å². The molecule has 2 aromatic rings. The lowest BCUT2D eigenvalue weighted by molar-refractivity contribution is 0.305. The van der Waals surface area contributed by atoms with E-state index in [1.807, 2.05) is 18.2 Å². The van der Waals surface area contributed by atoms with Crippen molar-refractivity contribution in [3.63, 3.8) is 0 Å². The van der Waals surface area contributed by atoms with Crippen LogP contribution < -0.4 is 4.74 Å². The standard InChI is InChI=1S/C16H18O/c1-3-14-8-6-10-16(11-14)17-12-15-9-5-4-7-13(15)2/h4-11H,3,12H2,1-2H3. The summed E-state index contributed by atoms with van der Waals surface area (Å²) in [6.07, 6.45) is 1.04. The Bertz CT molecular complexity index is 488. The van der Waals surface area contributed by atoms with Crippen molar-refractivity contribution in [1.82, 2.24) is 0 Å². The molecule has 17 heavy (non-hydrogen) atoms. The lowest BCUT2D eigenvalue weighted by Gasteiger charge is -2.09. The van der Waals surface area contributed by atoms with Gasteiger partial charge in [0.25, 0.3) is 0 Å². The minimum Gasteiger partial charge on any atom is -0.489 e. The van der Waals surface area contributed by atoms with Crippen LogP contribution in [0, 0.1) is 6.92 Å². The molecule has 0 heterocycles. The number of rotatable bonds is 4. The summed E-state index contributed by atoms with van der Waals surface area (Å²) in [6, 6.07) is 16.6. The second-order valence-electron chi connectivity index (χ2n) is 4.22. The maximum absolute atomic E-state index is 5.82. The molecule has 2 rings (SSSR count). The average molecular weight is 226 g/mol. The lowest BCUT2D eigenvalue weighted by Crippen LogP contribution is -1.97. The predicted molar refractivity (Wildman–Crippen MR) is 71.3 cm³/mol. The van der Waals surface area contributed by atoms with Crippen molar-refractivity contribution in [2.75, 3.05) is 0 Å². The van der Waals surface area contributed by atoms with E-state index in [0.717, 1.165) is 12.2 Å². The smallest absolute Gasteiger partial charge is 0.120 e. The third kappa shape index (κ3) is 3.10. The van der Waals surface area contributed by atoms with Crippen molar-refractivity contribution in [3.8, 4) is 5.75 Å². The molecule has 0 aliphatic carbocycles. The van der Waals surface area contributed by atoms with Crippen molar-refractivity contribution in [1.29, 1.82) is 0 Å². The highest BCUT2D eigenvalue weighted by Crippen LogP contribution is 2.16. The molecule has 0 bridgehead atoms. The Labute approximate surface area is 103 Å². The van der Waals surface area contributed by atoms with Crippen LogP contribution in [0.1, 0.15) is 23.6 Å². The van der Waals surface area contributed by atoms with E-state index >= 15 is 0 Å². The maximum atomic E-state index is 5.82. The Morgan fingerprint density at radius 1 is 1.00 bits per heavy atom. The molecule has 0 radical (unpaired) electrons. The van der Waals surface area contributed by atoms with Gasteiger partial charge < -0.3 is 4.74 Å². The molecule has 0 saturated heterocycles. The van der Waals surface area contributed by atoms with Crippen LogP contribution in [0.2, 0.25) is 0 Å². The van der Waals surface area contributed by atoms with E-state index in [2.05, 4.69) is 44.2 Å². The molecular weight excluding hydrogens is 208 g/mol. The van der Waals surface area contributed by atoms with Crippen LogP contribution in [-0.4, -0.2) is 0 Å². The fourth-order valence-electron chi connectivity index (χ4n) is 1.79. The molecule has 0 unspecified atom stereocenters. The van der Waals surface area contributed by atoms with Crippen LogP contribution in [0.4, 0.5) is 0 Å². The fourth-order valence-corrected chi connectivity index (χ4v) is 1.79. The highest BCUT2D eigenvalue weighted by molar-refractivity contribution is 5.30. The molecule has 0 aromatic heterocycles. The normalized spacial score (nSPS) is 10.2. The Morgan fingerprint density at radius 3 is 2.59 bits per heavy atom. The first-order valence-electron chi connectivity index (χ1n) is 6.06. The topological polar surface area (TPSA) is 9.23 Å². The van der Waals surface area contributed by atoms with Crippen LogP contribution in [0.5, 0.6) is 5.75 Å². The van der Waals surface area contributed by atoms with E-state index in [0.29, 0.717) is 6.61 Å². The molecule has 2 aromatic carbocycles. The summed E-state index contributed by atoms with van der Waals surface area (Å²) < 4.78 is 5.82. The number of aryl methyl sites for hydroxylation is 2. The van der Waals surface area contributed by atoms with E-state index in [4.69, 9.17) is 4.74 Å². The number of hydrogen-bond acceptors (Lipinski definition) is 1. The second kappa shape index (κ2) is 5.53. The zero-order valence-electron chi connectivity index (χ0n) is 10.4. The van der Waals surface area contributed by atoms with Gasteiger partial charge in [-0.3, -0.25) is 0 Å². The molecule has 0 fully saturated rings. The van der Waals surface area contributed by atoms with Gasteiger partial charge in [0.1, 0.15) is 12.4 Å². The summed E-state index contributed by atoms with van der Waals surface area (Å²) in [5, 5.41) is 0. The molecule has 0 saturated carbocycles. The van der Waals surface area contributed by atoms with Gasteiger partial charge in [-0.25, -0.2) is 0 Å². The third-order valence-corrected chi connectivity index (χ3v) is 2.96. The highest BCUT2D eigenvalue weighted by atomic mass is 16.5. The Hall–Kier alpha value is -1.76. The Morgan fingerprint density at radius 2 is 1.82 bits per heavy atom. The van der Waals surface area contributed by atoms with Gasteiger partial charge in [0.05, 0.1) is 0 Å². The first kappa shape index (κ1) is 11.7. The lowest BCUT2D eigenvalue weighted by atomic mass is 10.1. The largest absolute Gasteiger partial charge is 0.489 e. The van der Waals surface area contributed by atoms with Crippen molar-refractivity contribution in [2.24, 2.45) is 0 Å². The quantitative estimate of drug-likeness (QED) is 0.761. The van der Waals surface area contributed by atoms with Crippen LogP contribution >= 0.6 is 0 Å². The molecule has 0 amide bonds. The molecule has 0 spiro atoms. The van der Waals surface area contributed by atoms with Crippen LogP contribution in [-0.2, 0) is 13.0 Å². The van der Waals surface area contributed by atoms with E-state index in [1.165, 1.54) is 16.7 Å². The minimum atomic E-state index is 0.639. The minimum absolute atomic E-state index is 0.639. The van der Waals surface area contributed by atoms with Gasteiger partial charge >= 0.3 is 0 Å². The number of hydrogen-bond donors (Lipinski definition) is 0. The van der Waals surface area contributed by atoms with Crippen molar-refractivity contribution >= 4 is 0 Å². The van der Waals surface area contributed by atoms with Crippen LogP contribution in [0.15, 0.2) is 48.5 Å². The average Bonchev–Trinajstić information content (AvgIpc) is 2.38. The summed E-state index contributed by atoms with van der Waals surface area (Å²) in [5.41, 5.74) is 3.83. The molecule has 88 valence electrons. The Balaban J connectivity index is 2.05. The van der Waals surface area contributed by atoms with Gasteiger partial charge in [-0.2, -0.15) is 0 Å². The summed E-state index contributed by atoms with van der Waals surface area (Å²) in [6.45, 7) is 4.90. The number of benzene rings is 2. The number of ether oxygens (including phenoxy) is 1. The van der Waals surface area contributed by atoms with E-state index < -0.39 is 0 Å². The van der Waals surface area contributed by atoms with Crippen molar-refractivity contribution in [2.45, 2.75) is 26.9 Å². The first-order valence-corrected chi connectivity index (χ1v) is 6.06. The van der Waals surface area contributed by atoms with Crippen molar-refractivity contribution in [3.05, 3.63) is 65.2 Å². The summed E-state index contributed by atoms with van der Waals surface area (Å²) >= 11 is 0. The van der Waals surface area contributed by atoms with E-state index in [9.17, 15) is 0 Å². The first-order chi connectivity index (χ1) is 8.29. The molecule has 0 N–H and O–H groups in total. The fraction of sp³-hybridized carbons (Fsp3) is 0.250. The molecule has 0 aliphatic heterocycles. The SMILES string of the molecule is CCc1cccc(OCc2ccccc2C)c1. The van der Waals surface area contributed by atoms with Gasteiger partial charge in [-0.15, -0.1) is 0 Å². The maximum Gasteiger partial charge on any atom is 0.120 e. The summed E-state index contributed by atoms with van der Waals surface area (Å²) in [7, 11) is 0. The molecule has 1 nitrogen and oxygen atoms in total. The van der Waals surface area contributed by atoms with E-state index in [1.54, 1.807) is 0 Å². The van der Waals surface area contributed by atoms with Gasteiger partial charge in [0.2, 0.25) is 0 Å². The van der Waals surface area contributed by atoms with Gasteiger partial charge in [0, 0.05) is 0 Å². The zero-order chi connectivity index (χ0) is 12.1. The highest BCUT2D eigenvalue weighted by Gasteiger charge is 1.99. The summed E-state index contributed by atoms with van der Waals surface area (Å²) in [4.78, 5) is 0. The van der Waals surface area contributed by atoms with Crippen LogP contribution in [0.25, 0.3) is 0 Å². The molecular formula is C16H18O. The third-order valence-electron chi connectivity index (χ3n) is 2.96. The van der Waals surface area contributed by atoms with Gasteiger partial charge in [0.15, 0.2) is 0 Å². The predicted octanol–water partition coefficient (Wildman–Crippen LogP) is 4.14. The van der Waals surface area contributed by atoms with Crippen molar-refractivity contribution < 1.29 is 4.74 Å². The molecule has 1 heteroatoms. The van der Waals surface area contributed by atoms with E-state index in [-0.39, 0.29) is 0 Å². The Kier molecular flexibility index (Phi) is 3.81. The molecule has 0 atom stereocenters. The van der Waals surface area contributed by atoms with Gasteiger partial charge in [-0.1, -0.05) is 43.3 Å².